The molecule has 1 atom stereocenters. The molecule has 1 aliphatic heterocycles. The Hall–Kier alpha value is -2.34. The minimum atomic E-state index is -0.321. The lowest BCUT2D eigenvalue weighted by Gasteiger charge is -2.25. The molecule has 0 bridgehead atoms. The Morgan fingerprint density at radius 3 is 2.71 bits per heavy atom. The maximum Gasteiger partial charge on any atom is 0.238 e. The average molecular weight is 399 g/mol. The van der Waals surface area contributed by atoms with Gasteiger partial charge < -0.3 is 5.32 Å². The molecule has 1 N–H and O–H groups in total. The second-order valence-corrected chi connectivity index (χ2v) is 8.53. The summed E-state index contributed by atoms with van der Waals surface area (Å²) < 4.78 is 14.1. The first-order chi connectivity index (χ1) is 13.5. The third-order valence-electron chi connectivity index (χ3n) is 5.47. The molecule has 2 aromatic rings. The molecule has 0 radical (unpaired) electrons. The van der Waals surface area contributed by atoms with Gasteiger partial charge in [0, 0.05) is 17.3 Å². The number of hydrogen-bond acceptors (Lipinski definition) is 3. The van der Waals surface area contributed by atoms with E-state index in [4.69, 9.17) is 0 Å². The van der Waals surface area contributed by atoms with Gasteiger partial charge in [0.05, 0.1) is 5.75 Å². The lowest BCUT2D eigenvalue weighted by Crippen LogP contribution is -2.28. The molecule has 4 rings (SSSR count). The molecule has 28 heavy (non-hydrogen) atoms. The van der Waals surface area contributed by atoms with Crippen LogP contribution in [0.4, 0.5) is 15.8 Å². The first kappa shape index (κ1) is 19.0. The molecule has 2 amide bonds. The molecule has 6 heteroatoms. The summed E-state index contributed by atoms with van der Waals surface area (Å²) in [6.07, 6.45) is 4.12. The minimum absolute atomic E-state index is 0.0429. The normalized spacial score (nSPS) is 20.0. The topological polar surface area (TPSA) is 49.4 Å². The minimum Gasteiger partial charge on any atom is -0.326 e. The third-order valence-corrected chi connectivity index (χ3v) is 6.68. The Morgan fingerprint density at radius 2 is 1.96 bits per heavy atom. The van der Waals surface area contributed by atoms with E-state index in [0.717, 1.165) is 36.9 Å². The smallest absolute Gasteiger partial charge is 0.238 e. The standard InChI is InChI=1S/C22H23FN2O2S/c1-14-9-10-18(12-19(14)23)25-20(26)13-28-22(25)16-7-4-8-17(11-16)24-21(27)15-5-2-3-6-15/h4,7-12,15,22H,2-3,5-6,13H2,1H3,(H,24,27)/t22-/m1/s1. The van der Waals surface area contributed by atoms with Crippen LogP contribution in [0.3, 0.4) is 0 Å². The van der Waals surface area contributed by atoms with E-state index in [0.29, 0.717) is 17.0 Å². The monoisotopic (exact) mass is 398 g/mol. The number of carbonyl (C=O) groups excluding carboxylic acids is 2. The van der Waals surface area contributed by atoms with Gasteiger partial charge in [0.25, 0.3) is 0 Å². The maximum absolute atomic E-state index is 14.1. The summed E-state index contributed by atoms with van der Waals surface area (Å²) in [7, 11) is 0. The van der Waals surface area contributed by atoms with Crippen LogP contribution < -0.4 is 10.2 Å². The summed E-state index contributed by atoms with van der Waals surface area (Å²) >= 11 is 1.51. The van der Waals surface area contributed by atoms with Crippen LogP contribution in [-0.4, -0.2) is 17.6 Å². The number of carbonyl (C=O) groups is 2. The summed E-state index contributed by atoms with van der Waals surface area (Å²) in [5, 5.41) is 2.78. The van der Waals surface area contributed by atoms with Crippen LogP contribution >= 0.6 is 11.8 Å². The molecule has 2 aromatic carbocycles. The van der Waals surface area contributed by atoms with E-state index in [1.807, 2.05) is 24.3 Å². The van der Waals surface area contributed by atoms with Crippen LogP contribution in [0.2, 0.25) is 0 Å². The number of benzene rings is 2. The first-order valence-corrected chi connectivity index (χ1v) is 10.7. The Bertz CT molecular complexity index is 911. The van der Waals surface area contributed by atoms with Gasteiger partial charge in [0.2, 0.25) is 11.8 Å². The number of rotatable bonds is 4. The fourth-order valence-electron chi connectivity index (χ4n) is 3.88. The number of halogens is 1. The van der Waals surface area contributed by atoms with Crippen molar-refractivity contribution in [2.24, 2.45) is 5.92 Å². The Kier molecular flexibility index (Phi) is 5.40. The number of aryl methyl sites for hydroxylation is 1. The second-order valence-electron chi connectivity index (χ2n) is 7.46. The number of hydrogen-bond donors (Lipinski definition) is 1. The van der Waals surface area contributed by atoms with Gasteiger partial charge in [0.1, 0.15) is 11.2 Å². The quantitative estimate of drug-likeness (QED) is 0.785. The van der Waals surface area contributed by atoms with Crippen molar-refractivity contribution >= 4 is 35.0 Å². The molecular weight excluding hydrogens is 375 g/mol. The highest BCUT2D eigenvalue weighted by molar-refractivity contribution is 8.00. The number of thioether (sulfide) groups is 1. The highest BCUT2D eigenvalue weighted by Crippen LogP contribution is 2.42. The number of nitrogens with zero attached hydrogens (tertiary/aromatic N) is 1. The molecular formula is C22H23FN2O2S. The van der Waals surface area contributed by atoms with Crippen molar-refractivity contribution in [1.29, 1.82) is 0 Å². The van der Waals surface area contributed by atoms with E-state index in [9.17, 15) is 14.0 Å². The molecule has 1 aliphatic carbocycles. The van der Waals surface area contributed by atoms with Crippen LogP contribution in [-0.2, 0) is 9.59 Å². The zero-order chi connectivity index (χ0) is 19.7. The Balaban J connectivity index is 1.57. The summed E-state index contributed by atoms with van der Waals surface area (Å²) in [5.41, 5.74) is 2.77. The molecule has 2 aliphatic rings. The van der Waals surface area contributed by atoms with Crippen LogP contribution in [0.15, 0.2) is 42.5 Å². The second kappa shape index (κ2) is 7.95. The molecule has 0 aromatic heterocycles. The van der Waals surface area contributed by atoms with E-state index in [2.05, 4.69) is 5.32 Å². The van der Waals surface area contributed by atoms with Crippen molar-refractivity contribution in [1.82, 2.24) is 0 Å². The van der Waals surface area contributed by atoms with Crippen molar-refractivity contribution in [3.05, 3.63) is 59.4 Å². The molecule has 1 saturated heterocycles. The molecule has 146 valence electrons. The van der Waals surface area contributed by atoms with Crippen molar-refractivity contribution in [3.63, 3.8) is 0 Å². The molecule has 0 spiro atoms. The van der Waals surface area contributed by atoms with Crippen molar-refractivity contribution < 1.29 is 14.0 Å². The van der Waals surface area contributed by atoms with Gasteiger partial charge in [-0.3, -0.25) is 14.5 Å². The summed E-state index contributed by atoms with van der Waals surface area (Å²) in [6, 6.07) is 12.5. The number of anilines is 2. The van der Waals surface area contributed by atoms with Gasteiger partial charge >= 0.3 is 0 Å². The number of nitrogens with one attached hydrogen (secondary N) is 1. The fraction of sp³-hybridized carbons (Fsp3) is 0.364. The van der Waals surface area contributed by atoms with Gasteiger partial charge in [-0.25, -0.2) is 4.39 Å². The zero-order valence-corrected chi connectivity index (χ0v) is 16.6. The third kappa shape index (κ3) is 3.78. The van der Waals surface area contributed by atoms with Crippen LogP contribution in [0.25, 0.3) is 0 Å². The van der Waals surface area contributed by atoms with Gasteiger partial charge in [-0.05, 0) is 55.2 Å². The van der Waals surface area contributed by atoms with Crippen molar-refractivity contribution in [3.8, 4) is 0 Å². The highest BCUT2D eigenvalue weighted by Gasteiger charge is 2.34. The van der Waals surface area contributed by atoms with E-state index >= 15 is 0 Å². The van der Waals surface area contributed by atoms with E-state index in [-0.39, 0.29) is 28.9 Å². The van der Waals surface area contributed by atoms with E-state index in [1.165, 1.54) is 17.8 Å². The van der Waals surface area contributed by atoms with Gasteiger partial charge in [-0.2, -0.15) is 0 Å². The highest BCUT2D eigenvalue weighted by atomic mass is 32.2. The summed E-state index contributed by atoms with van der Waals surface area (Å²) in [4.78, 5) is 26.6. The Morgan fingerprint density at radius 1 is 1.18 bits per heavy atom. The lowest BCUT2D eigenvalue weighted by molar-refractivity contribution is -0.119. The lowest BCUT2D eigenvalue weighted by atomic mass is 10.1. The summed E-state index contributed by atoms with van der Waals surface area (Å²) in [6.45, 7) is 1.70. The SMILES string of the molecule is Cc1ccc(N2C(=O)CS[C@@H]2c2cccc(NC(=O)C3CCCC3)c2)cc1F. The first-order valence-electron chi connectivity index (χ1n) is 9.63. The van der Waals surface area contributed by atoms with Gasteiger partial charge in [0.15, 0.2) is 0 Å². The molecule has 2 fully saturated rings. The average Bonchev–Trinajstić information content (AvgIpc) is 3.34. The van der Waals surface area contributed by atoms with Crippen molar-refractivity contribution in [2.45, 2.75) is 38.0 Å². The molecule has 4 nitrogen and oxygen atoms in total. The Labute approximate surface area is 168 Å². The van der Waals surface area contributed by atoms with E-state index in [1.54, 1.807) is 24.0 Å². The maximum atomic E-state index is 14.1. The molecule has 0 unspecified atom stereocenters. The van der Waals surface area contributed by atoms with Crippen LogP contribution in [0.5, 0.6) is 0 Å². The fourth-order valence-corrected chi connectivity index (χ4v) is 5.05. The van der Waals surface area contributed by atoms with Crippen LogP contribution in [0, 0.1) is 18.7 Å². The number of amides is 2. The van der Waals surface area contributed by atoms with Crippen LogP contribution in [0.1, 0.15) is 42.2 Å². The van der Waals surface area contributed by atoms with Gasteiger partial charge in [-0.1, -0.05) is 31.0 Å². The van der Waals surface area contributed by atoms with Gasteiger partial charge in [-0.15, -0.1) is 11.8 Å². The molecule has 1 heterocycles. The largest absolute Gasteiger partial charge is 0.326 e. The van der Waals surface area contributed by atoms with Crippen molar-refractivity contribution in [2.75, 3.05) is 16.0 Å². The predicted octanol–water partition coefficient (Wildman–Crippen LogP) is 5.04. The van der Waals surface area contributed by atoms with E-state index < -0.39 is 0 Å². The predicted molar refractivity (Wildman–Crippen MR) is 111 cm³/mol. The zero-order valence-electron chi connectivity index (χ0n) is 15.8. The molecule has 1 saturated carbocycles. The summed E-state index contributed by atoms with van der Waals surface area (Å²) in [5.74, 6) is 0.149.